The Labute approximate surface area is 116 Å². The van der Waals surface area contributed by atoms with E-state index in [0.29, 0.717) is 12.3 Å². The minimum absolute atomic E-state index is 0.0253. The first-order valence-electron chi connectivity index (χ1n) is 5.88. The third-order valence-electron chi connectivity index (χ3n) is 2.21. The molecule has 0 atom stereocenters. The summed E-state index contributed by atoms with van der Waals surface area (Å²) >= 11 is 3.43. The van der Waals surface area contributed by atoms with E-state index in [1.165, 1.54) is 0 Å². The molecule has 1 rings (SSSR count). The van der Waals surface area contributed by atoms with Crippen LogP contribution in [-0.4, -0.2) is 25.6 Å². The number of nitrogens with one attached hydrogen (secondary N) is 2. The quantitative estimate of drug-likeness (QED) is 0.845. The molecule has 0 bridgehead atoms. The highest BCUT2D eigenvalue weighted by Crippen LogP contribution is 2.28. The summed E-state index contributed by atoms with van der Waals surface area (Å²) in [7, 11) is 1.87. The van der Waals surface area contributed by atoms with Gasteiger partial charge < -0.3 is 15.4 Å². The Hall–Kier alpha value is -1.07. The van der Waals surface area contributed by atoms with Gasteiger partial charge in [-0.1, -0.05) is 12.1 Å². The topological polar surface area (TPSA) is 50.4 Å². The number of carbonyl (C=O) groups is 1. The van der Waals surface area contributed by atoms with Crippen molar-refractivity contribution in [3.63, 3.8) is 0 Å². The third-order valence-corrected chi connectivity index (χ3v) is 2.84. The fourth-order valence-corrected chi connectivity index (χ4v) is 2.07. The molecule has 0 aromatic heterocycles. The molecule has 0 aliphatic carbocycles. The zero-order valence-corrected chi connectivity index (χ0v) is 12.5. The van der Waals surface area contributed by atoms with E-state index in [1.807, 2.05) is 39.1 Å². The van der Waals surface area contributed by atoms with E-state index in [-0.39, 0.29) is 18.6 Å². The van der Waals surface area contributed by atoms with Crippen molar-refractivity contribution in [1.82, 2.24) is 10.6 Å². The molecule has 0 aliphatic heterocycles. The molecule has 0 unspecified atom stereocenters. The lowest BCUT2D eigenvalue weighted by Gasteiger charge is -2.14. The van der Waals surface area contributed by atoms with Crippen LogP contribution in [0.25, 0.3) is 0 Å². The van der Waals surface area contributed by atoms with Crippen LogP contribution < -0.4 is 15.4 Å². The van der Waals surface area contributed by atoms with E-state index in [2.05, 4.69) is 26.6 Å². The molecule has 4 nitrogen and oxygen atoms in total. The third kappa shape index (κ3) is 4.66. The zero-order chi connectivity index (χ0) is 13.5. The van der Waals surface area contributed by atoms with Gasteiger partial charge >= 0.3 is 0 Å². The number of benzene rings is 1. The molecule has 0 aliphatic rings. The first-order chi connectivity index (χ1) is 8.54. The monoisotopic (exact) mass is 314 g/mol. The highest BCUT2D eigenvalue weighted by atomic mass is 79.9. The van der Waals surface area contributed by atoms with Crippen molar-refractivity contribution in [2.75, 3.05) is 13.7 Å². The van der Waals surface area contributed by atoms with Gasteiger partial charge in [-0.3, -0.25) is 4.79 Å². The van der Waals surface area contributed by atoms with Crippen molar-refractivity contribution in [2.45, 2.75) is 26.4 Å². The van der Waals surface area contributed by atoms with Crippen molar-refractivity contribution in [2.24, 2.45) is 0 Å². The molecule has 0 heterocycles. The largest absolute Gasteiger partial charge is 0.482 e. The van der Waals surface area contributed by atoms with E-state index >= 15 is 0 Å². The average Bonchev–Trinajstić information content (AvgIpc) is 2.27. The highest BCUT2D eigenvalue weighted by molar-refractivity contribution is 9.10. The Kier molecular flexibility index (Phi) is 6.15. The minimum atomic E-state index is -0.115. The number of rotatable bonds is 6. The van der Waals surface area contributed by atoms with Crippen LogP contribution in [0.1, 0.15) is 19.4 Å². The number of hydrogen-bond acceptors (Lipinski definition) is 3. The first kappa shape index (κ1) is 15.0. The molecule has 0 fully saturated rings. The second-order valence-corrected chi connectivity index (χ2v) is 5.12. The molecule has 1 amide bonds. The predicted octanol–water partition coefficient (Wildman–Crippen LogP) is 2.07. The lowest BCUT2D eigenvalue weighted by Crippen LogP contribution is -2.34. The normalized spacial score (nSPS) is 10.5. The highest BCUT2D eigenvalue weighted by Gasteiger charge is 2.10. The van der Waals surface area contributed by atoms with Gasteiger partial charge in [-0.05, 0) is 42.9 Å². The number of halogens is 1. The number of hydrogen-bond donors (Lipinski definition) is 2. The van der Waals surface area contributed by atoms with Crippen molar-refractivity contribution in [3.8, 4) is 5.75 Å². The fraction of sp³-hybridized carbons (Fsp3) is 0.462. The number of amides is 1. The van der Waals surface area contributed by atoms with Crippen LogP contribution in [0.3, 0.4) is 0 Å². The van der Waals surface area contributed by atoms with E-state index in [4.69, 9.17) is 4.74 Å². The molecule has 100 valence electrons. The van der Waals surface area contributed by atoms with Gasteiger partial charge in [0.1, 0.15) is 5.75 Å². The molecule has 0 saturated carbocycles. The standard InChI is InChI=1S/C13H19BrN2O2/c1-9(2)16-12(17)8-18-13-10(7-15-3)5-4-6-11(13)14/h4-6,9,15H,7-8H2,1-3H3,(H,16,17). The number of ether oxygens (including phenoxy) is 1. The summed E-state index contributed by atoms with van der Waals surface area (Å²) in [6.45, 7) is 4.56. The lowest BCUT2D eigenvalue weighted by molar-refractivity contribution is -0.123. The van der Waals surface area contributed by atoms with Gasteiger partial charge in [-0.2, -0.15) is 0 Å². The molecule has 1 aromatic carbocycles. The number of carbonyl (C=O) groups excluding carboxylic acids is 1. The summed E-state index contributed by atoms with van der Waals surface area (Å²) in [5, 5.41) is 5.86. The molecule has 18 heavy (non-hydrogen) atoms. The fourth-order valence-electron chi connectivity index (χ4n) is 1.55. The summed E-state index contributed by atoms with van der Waals surface area (Å²) in [6.07, 6.45) is 0. The molecular weight excluding hydrogens is 296 g/mol. The Morgan fingerprint density at radius 3 is 2.78 bits per heavy atom. The Bertz CT molecular complexity index is 408. The minimum Gasteiger partial charge on any atom is -0.482 e. The molecule has 1 aromatic rings. The van der Waals surface area contributed by atoms with Crippen LogP contribution in [0.2, 0.25) is 0 Å². The van der Waals surface area contributed by atoms with E-state index in [0.717, 1.165) is 10.0 Å². The lowest BCUT2D eigenvalue weighted by atomic mass is 10.2. The summed E-state index contributed by atoms with van der Waals surface area (Å²) in [4.78, 5) is 11.5. The molecule has 5 heteroatoms. The van der Waals surface area contributed by atoms with E-state index in [9.17, 15) is 4.79 Å². The maximum atomic E-state index is 11.5. The van der Waals surface area contributed by atoms with Crippen LogP contribution in [0.4, 0.5) is 0 Å². The summed E-state index contributed by atoms with van der Waals surface area (Å²) < 4.78 is 6.44. The molecular formula is C13H19BrN2O2. The Morgan fingerprint density at radius 1 is 1.44 bits per heavy atom. The Morgan fingerprint density at radius 2 is 2.17 bits per heavy atom. The van der Waals surface area contributed by atoms with E-state index < -0.39 is 0 Å². The second kappa shape index (κ2) is 7.38. The second-order valence-electron chi connectivity index (χ2n) is 4.27. The van der Waals surface area contributed by atoms with Crippen LogP contribution in [0.5, 0.6) is 5.75 Å². The maximum Gasteiger partial charge on any atom is 0.258 e. The zero-order valence-electron chi connectivity index (χ0n) is 10.9. The van der Waals surface area contributed by atoms with Crippen molar-refractivity contribution < 1.29 is 9.53 Å². The van der Waals surface area contributed by atoms with Gasteiger partial charge in [0.2, 0.25) is 0 Å². The van der Waals surface area contributed by atoms with Crippen LogP contribution in [0, 0.1) is 0 Å². The van der Waals surface area contributed by atoms with Crippen LogP contribution in [0.15, 0.2) is 22.7 Å². The smallest absolute Gasteiger partial charge is 0.258 e. The van der Waals surface area contributed by atoms with Crippen LogP contribution >= 0.6 is 15.9 Å². The molecule has 0 spiro atoms. The first-order valence-corrected chi connectivity index (χ1v) is 6.68. The SMILES string of the molecule is CNCc1cccc(Br)c1OCC(=O)NC(C)C. The van der Waals surface area contributed by atoms with Crippen molar-refractivity contribution in [1.29, 1.82) is 0 Å². The van der Waals surface area contributed by atoms with Gasteiger partial charge in [0.05, 0.1) is 4.47 Å². The predicted molar refractivity (Wildman–Crippen MR) is 75.7 cm³/mol. The van der Waals surface area contributed by atoms with Crippen LogP contribution in [-0.2, 0) is 11.3 Å². The summed E-state index contributed by atoms with van der Waals surface area (Å²) in [5.41, 5.74) is 1.02. The summed E-state index contributed by atoms with van der Waals surface area (Å²) in [6, 6.07) is 5.93. The van der Waals surface area contributed by atoms with Gasteiger partial charge in [0, 0.05) is 18.2 Å². The Balaban J connectivity index is 2.68. The van der Waals surface area contributed by atoms with Crippen molar-refractivity contribution >= 4 is 21.8 Å². The van der Waals surface area contributed by atoms with Gasteiger partial charge in [0.15, 0.2) is 6.61 Å². The molecule has 0 saturated heterocycles. The van der Waals surface area contributed by atoms with Gasteiger partial charge in [-0.15, -0.1) is 0 Å². The van der Waals surface area contributed by atoms with Gasteiger partial charge in [-0.25, -0.2) is 0 Å². The molecule has 0 radical (unpaired) electrons. The van der Waals surface area contributed by atoms with Gasteiger partial charge in [0.25, 0.3) is 5.91 Å². The average molecular weight is 315 g/mol. The van der Waals surface area contributed by atoms with E-state index in [1.54, 1.807) is 0 Å². The molecule has 2 N–H and O–H groups in total. The summed E-state index contributed by atoms with van der Waals surface area (Å²) in [5.74, 6) is 0.599. The number of para-hydroxylation sites is 1. The maximum absolute atomic E-state index is 11.5. The van der Waals surface area contributed by atoms with Crippen molar-refractivity contribution in [3.05, 3.63) is 28.2 Å².